The highest BCUT2D eigenvalue weighted by Gasteiger charge is 2.46. The summed E-state index contributed by atoms with van der Waals surface area (Å²) in [5, 5.41) is 28.8. The molecule has 4 N–H and O–H groups in total. The zero-order valence-corrected chi connectivity index (χ0v) is 30.8. The van der Waals surface area contributed by atoms with Crippen LogP contribution in [0.2, 0.25) is 0 Å². The van der Waals surface area contributed by atoms with E-state index >= 15 is 0 Å². The lowest BCUT2D eigenvalue weighted by atomic mass is 9.91. The third-order valence-corrected chi connectivity index (χ3v) is 10.4. The molecule has 0 spiro atoms. The van der Waals surface area contributed by atoms with Gasteiger partial charge in [0.05, 0.1) is 24.5 Å². The van der Waals surface area contributed by atoms with Crippen molar-refractivity contribution in [3.63, 3.8) is 0 Å². The van der Waals surface area contributed by atoms with Crippen LogP contribution >= 0.6 is 0 Å². The number of rotatable bonds is 11. The second kappa shape index (κ2) is 16.6. The molecule has 1 aliphatic carbocycles. The zero-order chi connectivity index (χ0) is 40.3. The van der Waals surface area contributed by atoms with Gasteiger partial charge in [-0.05, 0) is 36.1 Å². The highest BCUT2D eigenvalue weighted by Crippen LogP contribution is 2.36. The minimum atomic E-state index is -5.35. The van der Waals surface area contributed by atoms with Crippen LogP contribution < -0.4 is 15.5 Å². The number of nitrogens with zero attached hydrogens (tertiary/aromatic N) is 6. The number of hydrogen-bond donors (Lipinski definition) is 4. The van der Waals surface area contributed by atoms with Crippen LogP contribution in [0.15, 0.2) is 97.3 Å². The average molecular weight is 787 g/mol. The number of imidazole rings is 1. The molecule has 1 aliphatic heterocycles. The molecule has 7 rings (SSSR count). The summed E-state index contributed by atoms with van der Waals surface area (Å²) >= 11 is 0. The Balaban J connectivity index is 1.24. The number of hydroxylamine groups is 2. The number of hydrogen-bond acceptors (Lipinski definition) is 11. The number of amides is 2. The smallest absolute Gasteiger partial charge is 0.388 e. The van der Waals surface area contributed by atoms with Crippen LogP contribution in [-0.4, -0.2) is 103 Å². The van der Waals surface area contributed by atoms with E-state index in [0.29, 0.717) is 22.9 Å². The molecule has 2 aromatic heterocycles. The van der Waals surface area contributed by atoms with Crippen molar-refractivity contribution < 1.29 is 42.6 Å². The van der Waals surface area contributed by atoms with E-state index < -0.39 is 48.4 Å². The van der Waals surface area contributed by atoms with Crippen LogP contribution in [0.1, 0.15) is 59.6 Å². The Hall–Kier alpha value is -6.07. The first-order chi connectivity index (χ1) is 27.4. The van der Waals surface area contributed by atoms with Gasteiger partial charge in [-0.2, -0.15) is 28.2 Å². The van der Waals surface area contributed by atoms with Gasteiger partial charge in [0.25, 0.3) is 5.91 Å². The molecule has 57 heavy (non-hydrogen) atoms. The Bertz CT molecular complexity index is 2150. The average Bonchev–Trinajstić information content (AvgIpc) is 3.95. The van der Waals surface area contributed by atoms with Gasteiger partial charge in [0.15, 0.2) is 17.0 Å². The molecule has 14 nitrogen and oxygen atoms in total. The normalized spacial score (nSPS) is 20.8. The van der Waals surface area contributed by atoms with Crippen molar-refractivity contribution in [3.8, 4) is 0 Å². The van der Waals surface area contributed by atoms with Gasteiger partial charge in [-0.15, -0.1) is 0 Å². The number of carbonyl (C=O) groups excluding carboxylic acids is 3. The van der Waals surface area contributed by atoms with Gasteiger partial charge in [-0.3, -0.25) is 9.59 Å². The molecule has 5 aromatic rings. The van der Waals surface area contributed by atoms with Crippen molar-refractivity contribution in [2.24, 2.45) is 0 Å². The van der Waals surface area contributed by atoms with Crippen molar-refractivity contribution in [1.82, 2.24) is 29.9 Å². The van der Waals surface area contributed by atoms with Gasteiger partial charge in [0, 0.05) is 37.5 Å². The summed E-state index contributed by atoms with van der Waals surface area (Å²) in [6.45, 7) is 2.10. The maximum Gasteiger partial charge on any atom is 0.493 e. The Morgan fingerprint density at radius 2 is 1.56 bits per heavy atom. The van der Waals surface area contributed by atoms with Crippen molar-refractivity contribution in [1.29, 1.82) is 0 Å². The maximum atomic E-state index is 13.5. The fourth-order valence-corrected chi connectivity index (χ4v) is 7.39. The van der Waals surface area contributed by atoms with Crippen molar-refractivity contribution >= 4 is 40.7 Å². The van der Waals surface area contributed by atoms with Gasteiger partial charge in [0.1, 0.15) is 12.2 Å². The Morgan fingerprint density at radius 3 is 2.18 bits per heavy atom. The largest absolute Gasteiger partial charge is 0.493 e. The SMILES string of the molecule is CCC(=O)N[C@H]1C[C@@H](n2cnc3c(NCC(c4ccccc4)c4ccccc4)nc(N4CC[C@@H](N(OC(=O)C(F)(F)F)C(=O)c5ccccc5)C4)nc32)[C@H](O)[C@@H]1O. The van der Waals surface area contributed by atoms with Crippen LogP contribution in [0.25, 0.3) is 11.2 Å². The number of halogens is 3. The van der Waals surface area contributed by atoms with Crippen LogP contribution in [0.3, 0.4) is 0 Å². The fourth-order valence-electron chi connectivity index (χ4n) is 7.39. The predicted molar refractivity (Wildman–Crippen MR) is 202 cm³/mol. The third kappa shape index (κ3) is 8.39. The highest BCUT2D eigenvalue weighted by atomic mass is 19.4. The van der Waals surface area contributed by atoms with Gasteiger partial charge < -0.3 is 35.2 Å². The number of fused-ring (bicyclic) bond motifs is 1. The summed E-state index contributed by atoms with van der Waals surface area (Å²) in [7, 11) is 0. The van der Waals surface area contributed by atoms with Crippen LogP contribution in [-0.2, 0) is 14.4 Å². The Labute approximate surface area is 325 Å². The van der Waals surface area contributed by atoms with E-state index in [1.165, 1.54) is 18.5 Å². The molecule has 2 fully saturated rings. The fraction of sp³-hybridized carbons (Fsp3) is 0.350. The number of aliphatic hydroxyl groups excluding tert-OH is 2. The van der Waals surface area contributed by atoms with E-state index in [1.807, 2.05) is 60.7 Å². The number of anilines is 2. The minimum Gasteiger partial charge on any atom is -0.388 e. The number of alkyl halides is 3. The molecule has 0 radical (unpaired) electrons. The molecule has 17 heteroatoms. The molecule has 298 valence electrons. The molecule has 2 amide bonds. The van der Waals surface area contributed by atoms with Gasteiger partial charge in [-0.1, -0.05) is 85.8 Å². The molecule has 0 bridgehead atoms. The monoisotopic (exact) mass is 786 g/mol. The maximum absolute atomic E-state index is 13.5. The predicted octanol–water partition coefficient (Wildman–Crippen LogP) is 4.37. The van der Waals surface area contributed by atoms with E-state index in [4.69, 9.17) is 14.8 Å². The van der Waals surface area contributed by atoms with E-state index in [2.05, 4.69) is 15.6 Å². The topological polar surface area (TPSA) is 175 Å². The lowest BCUT2D eigenvalue weighted by molar-refractivity contribution is -0.233. The third-order valence-electron chi connectivity index (χ3n) is 10.4. The highest BCUT2D eigenvalue weighted by molar-refractivity contribution is 5.94. The van der Waals surface area contributed by atoms with Crippen molar-refractivity contribution in [2.75, 3.05) is 29.9 Å². The molecule has 1 saturated heterocycles. The van der Waals surface area contributed by atoms with E-state index in [1.54, 1.807) is 34.6 Å². The lowest BCUT2D eigenvalue weighted by Crippen LogP contribution is -2.46. The molecule has 3 aromatic carbocycles. The zero-order valence-electron chi connectivity index (χ0n) is 30.8. The second-order valence-corrected chi connectivity index (χ2v) is 14.0. The molecule has 1 saturated carbocycles. The van der Waals surface area contributed by atoms with Crippen LogP contribution in [0, 0.1) is 0 Å². The number of aliphatic hydroxyl groups is 2. The first kappa shape index (κ1) is 39.2. The first-order valence-corrected chi connectivity index (χ1v) is 18.6. The Kier molecular flexibility index (Phi) is 11.4. The van der Waals surface area contributed by atoms with Crippen molar-refractivity contribution in [3.05, 3.63) is 114 Å². The van der Waals surface area contributed by atoms with E-state index in [-0.39, 0.29) is 61.3 Å². The second-order valence-electron chi connectivity index (χ2n) is 14.0. The van der Waals surface area contributed by atoms with E-state index in [9.17, 15) is 37.8 Å². The standard InChI is InChI=1S/C40H41F3N8O6/c1-2-31(52)46-29-20-30(34(54)33(29)53)50-23-45-32-35(44-21-28(24-12-6-3-7-13-24)25-14-8-4-9-15-25)47-39(48-36(32)50)49-19-18-27(22-49)51(57-38(56)40(41,42)43)37(55)26-16-10-5-11-17-26/h3-17,23,27-30,33-34,53-54H,2,18-22H2,1H3,(H,46,52)(H,44,47,48)/t27-,29+,30-,33-,34+/m1/s1. The molecular weight excluding hydrogens is 745 g/mol. The lowest BCUT2D eigenvalue weighted by Gasteiger charge is -2.27. The summed E-state index contributed by atoms with van der Waals surface area (Å²) in [4.78, 5) is 58.5. The molecule has 2 aliphatic rings. The molecule has 5 atom stereocenters. The van der Waals surface area contributed by atoms with Gasteiger partial charge in [-0.25, -0.2) is 9.78 Å². The molecule has 3 heterocycles. The summed E-state index contributed by atoms with van der Waals surface area (Å²) in [6, 6.07) is 24.8. The number of aromatic nitrogens is 4. The molecule has 0 unspecified atom stereocenters. The number of carbonyl (C=O) groups is 3. The van der Waals surface area contributed by atoms with Crippen molar-refractivity contribution in [2.45, 2.75) is 68.6 Å². The first-order valence-electron chi connectivity index (χ1n) is 18.6. The van der Waals surface area contributed by atoms with Gasteiger partial charge >= 0.3 is 12.1 Å². The summed E-state index contributed by atoms with van der Waals surface area (Å²) in [5.41, 5.74) is 2.72. The van der Waals surface area contributed by atoms with Gasteiger partial charge in [0.2, 0.25) is 11.9 Å². The summed E-state index contributed by atoms with van der Waals surface area (Å²) < 4.78 is 41.9. The number of benzene rings is 3. The summed E-state index contributed by atoms with van der Waals surface area (Å²) in [6.07, 6.45) is -5.98. The minimum absolute atomic E-state index is 0.0242. The van der Waals surface area contributed by atoms with Crippen LogP contribution in [0.4, 0.5) is 24.9 Å². The molecular formula is C40H41F3N8O6. The van der Waals surface area contributed by atoms with Crippen LogP contribution in [0.5, 0.6) is 0 Å². The Morgan fingerprint density at radius 1 is 0.930 bits per heavy atom. The van der Waals surface area contributed by atoms with E-state index in [0.717, 1.165) is 11.1 Å². The summed E-state index contributed by atoms with van der Waals surface area (Å²) in [5.74, 6) is -3.43. The number of nitrogens with one attached hydrogen (secondary N) is 2. The quantitative estimate of drug-likeness (QED) is 0.140.